The number of aliphatic hydroxyl groups is 1. The lowest BCUT2D eigenvalue weighted by molar-refractivity contribution is -0.109. The predicted octanol–water partition coefficient (Wildman–Crippen LogP) is 7.93. The smallest absolute Gasteiger partial charge is 0.210 e. The highest BCUT2D eigenvalue weighted by Gasteiger charge is 2.24. The number of nitrogens with two attached hydrogens (primary N) is 4. The van der Waals surface area contributed by atoms with Gasteiger partial charge >= 0.3 is 0 Å². The molecule has 0 saturated heterocycles. The molecule has 17 N–H and O–H groups in total. The number of nitrogen functional groups attached to an aromatic ring is 4. The number of carbonyl (C=O) groups is 1. The fourth-order valence-corrected chi connectivity index (χ4v) is 3.67. The number of ketones is 1. The number of phenolic OH excluding ortho intramolecular Hbond substituents is 2. The highest BCUT2D eigenvalue weighted by Crippen LogP contribution is 2.25. The minimum absolute atomic E-state index is 0. The number of anilines is 5. The molecule has 4 aromatic rings. The van der Waals surface area contributed by atoms with E-state index in [4.69, 9.17) is 33.1 Å². The average Bonchev–Trinajstić information content (AvgIpc) is 3.07. The molecule has 50 heavy (non-hydrogen) atoms. The molecule has 12 heteroatoms. The van der Waals surface area contributed by atoms with Gasteiger partial charge in [-0.25, -0.2) is 4.99 Å². The SMILES string of the molecule is C.CC.CC.CC1=C(O)C(Nc2ccc(N)cc2)=CC(=Nc2ccc(N)cc2)C1=O.Cc1c(O)cccc1O.Cc1cc(N)ccc1N.N.O. The number of aliphatic imine (C=N–C) groups is 1. The Morgan fingerprint density at radius 1 is 0.680 bits per heavy atom. The van der Waals surface area contributed by atoms with Crippen molar-refractivity contribution in [1.29, 1.82) is 0 Å². The highest BCUT2D eigenvalue weighted by atomic mass is 16.3. The predicted molar refractivity (Wildman–Crippen MR) is 213 cm³/mol. The van der Waals surface area contributed by atoms with Crippen LogP contribution in [0.25, 0.3) is 0 Å². The summed E-state index contributed by atoms with van der Waals surface area (Å²) >= 11 is 0. The van der Waals surface area contributed by atoms with Gasteiger partial charge in [0.1, 0.15) is 23.0 Å². The summed E-state index contributed by atoms with van der Waals surface area (Å²) in [5.74, 6) is -0.153. The van der Waals surface area contributed by atoms with Gasteiger partial charge in [-0.1, -0.05) is 41.2 Å². The molecule has 0 spiro atoms. The number of nitrogens with zero attached hydrogens (tertiary/aromatic N) is 1. The Morgan fingerprint density at radius 2 is 1.14 bits per heavy atom. The van der Waals surface area contributed by atoms with E-state index >= 15 is 0 Å². The maximum Gasteiger partial charge on any atom is 0.210 e. The standard InChI is InChI=1S/C19H18N4O2.C7H10N2.C7H8O2.2C2H6.CH4.H3N.H2O/c1-11-18(24)16(22-14-6-2-12(20)3-7-14)10-17(19(11)25)23-15-8-4-13(21)5-9-15;1-5-4-6(8)2-3-7(5)9;1-5-6(8)3-2-4-7(5)9;2*1-2;;;/h2-10,22,24H,20-21H2,1H3;2-4H,8-9H2,1H3;2-4,8-9H,1H3;2*1-2H3;1H4;1H3;1H2. The van der Waals surface area contributed by atoms with E-state index in [-0.39, 0.29) is 53.4 Å². The summed E-state index contributed by atoms with van der Waals surface area (Å²) in [7, 11) is 0. The molecule has 0 aliphatic heterocycles. The number of allylic oxidation sites excluding steroid dienone is 2. The van der Waals surface area contributed by atoms with Crippen LogP contribution in [0.3, 0.4) is 0 Å². The van der Waals surface area contributed by atoms with E-state index in [0.717, 1.165) is 22.6 Å². The Balaban J connectivity index is -0.000000734. The van der Waals surface area contributed by atoms with Crippen LogP contribution in [-0.2, 0) is 4.79 Å². The summed E-state index contributed by atoms with van der Waals surface area (Å²) in [5.41, 5.74) is 28.9. The van der Waals surface area contributed by atoms with Gasteiger partial charge in [0.05, 0.1) is 11.4 Å². The van der Waals surface area contributed by atoms with Crippen LogP contribution in [0.5, 0.6) is 11.5 Å². The van der Waals surface area contributed by atoms with Gasteiger partial charge in [-0.2, -0.15) is 0 Å². The lowest BCUT2D eigenvalue weighted by Crippen LogP contribution is -2.22. The van der Waals surface area contributed by atoms with Crippen molar-refractivity contribution < 1.29 is 25.6 Å². The number of aryl methyl sites for hydroxylation is 1. The molecule has 274 valence electrons. The van der Waals surface area contributed by atoms with Gasteiger partial charge in [-0.05, 0) is 111 Å². The molecule has 0 bridgehead atoms. The lowest BCUT2D eigenvalue weighted by atomic mass is 9.99. The third kappa shape index (κ3) is 14.8. The molecule has 0 amide bonds. The first-order valence-electron chi connectivity index (χ1n) is 15.2. The van der Waals surface area contributed by atoms with Crippen LogP contribution in [-0.4, -0.2) is 32.3 Å². The molecule has 12 nitrogen and oxygen atoms in total. The maximum atomic E-state index is 12.4. The normalized spacial score (nSPS) is 11.7. The second-order valence-corrected chi connectivity index (χ2v) is 9.73. The molecule has 0 radical (unpaired) electrons. The van der Waals surface area contributed by atoms with Crippen molar-refractivity contribution >= 4 is 45.6 Å². The molecule has 4 aromatic carbocycles. The van der Waals surface area contributed by atoms with Crippen molar-refractivity contribution in [2.45, 2.75) is 55.9 Å². The largest absolute Gasteiger partial charge is 0.508 e. The molecule has 0 saturated carbocycles. The molecule has 1 aliphatic carbocycles. The van der Waals surface area contributed by atoms with Crippen LogP contribution in [0.1, 0.15) is 53.2 Å². The number of nitrogens with one attached hydrogen (secondary N) is 1. The first kappa shape index (κ1) is 48.4. The molecule has 0 unspecified atom stereocenters. The zero-order valence-electron chi connectivity index (χ0n) is 29.4. The number of aromatic hydroxyl groups is 2. The van der Waals surface area contributed by atoms with Gasteiger partial charge in [0.15, 0.2) is 0 Å². The number of Topliss-reactive ketones (excluding diaryl/α,β-unsaturated/α-hetero) is 1. The second kappa shape index (κ2) is 24.2. The zero-order chi connectivity index (χ0) is 35.7. The third-order valence-electron chi connectivity index (χ3n) is 6.37. The van der Waals surface area contributed by atoms with Gasteiger partial charge in [-0.15, -0.1) is 0 Å². The van der Waals surface area contributed by atoms with Gasteiger partial charge in [-0.3, -0.25) is 4.79 Å². The molecular formula is C38H57N7O5. The van der Waals surface area contributed by atoms with E-state index in [1.807, 2.05) is 46.8 Å². The zero-order valence-corrected chi connectivity index (χ0v) is 29.4. The number of carbonyl (C=O) groups excluding carboxylic acids is 1. The number of benzene rings is 4. The molecule has 0 heterocycles. The summed E-state index contributed by atoms with van der Waals surface area (Å²) in [6.07, 6.45) is 1.53. The molecule has 0 atom stereocenters. The Morgan fingerprint density at radius 3 is 1.58 bits per heavy atom. The number of aliphatic hydroxyl groups excluding tert-OH is 1. The van der Waals surface area contributed by atoms with Crippen LogP contribution in [0, 0.1) is 13.8 Å². The van der Waals surface area contributed by atoms with Crippen LogP contribution in [0.15, 0.2) is 113 Å². The summed E-state index contributed by atoms with van der Waals surface area (Å²) < 4.78 is 0. The minimum atomic E-state index is -0.322. The molecule has 5 rings (SSSR count). The maximum absolute atomic E-state index is 12.4. The van der Waals surface area contributed by atoms with Crippen LogP contribution >= 0.6 is 0 Å². The van der Waals surface area contributed by atoms with Crippen molar-refractivity contribution in [3.8, 4) is 11.5 Å². The monoisotopic (exact) mass is 691 g/mol. The Bertz CT molecular complexity index is 1680. The summed E-state index contributed by atoms with van der Waals surface area (Å²) in [4.78, 5) is 16.7. The molecule has 1 aliphatic rings. The van der Waals surface area contributed by atoms with E-state index in [2.05, 4.69) is 10.3 Å². The van der Waals surface area contributed by atoms with Crippen LogP contribution in [0.2, 0.25) is 0 Å². The van der Waals surface area contributed by atoms with Gasteiger partial charge in [0, 0.05) is 39.6 Å². The number of rotatable bonds is 3. The minimum Gasteiger partial charge on any atom is -0.508 e. The Hall–Kier alpha value is -5.98. The lowest BCUT2D eigenvalue weighted by Gasteiger charge is -2.17. The summed E-state index contributed by atoms with van der Waals surface area (Å²) in [6.45, 7) is 13.2. The molecule has 0 aromatic heterocycles. The summed E-state index contributed by atoms with van der Waals surface area (Å²) in [5, 5.41) is 31.2. The first-order valence-corrected chi connectivity index (χ1v) is 15.2. The van der Waals surface area contributed by atoms with Gasteiger partial charge in [0.2, 0.25) is 5.78 Å². The van der Waals surface area contributed by atoms with E-state index in [0.29, 0.717) is 28.3 Å². The number of hydrogen-bond donors (Lipinski definition) is 9. The van der Waals surface area contributed by atoms with E-state index < -0.39 is 0 Å². The van der Waals surface area contributed by atoms with Crippen LogP contribution in [0.4, 0.5) is 34.1 Å². The van der Waals surface area contributed by atoms with Crippen molar-refractivity contribution in [3.05, 3.63) is 119 Å². The third-order valence-corrected chi connectivity index (χ3v) is 6.37. The van der Waals surface area contributed by atoms with E-state index in [1.165, 1.54) is 18.2 Å². The fourth-order valence-electron chi connectivity index (χ4n) is 3.67. The number of hydrogen-bond acceptors (Lipinski definition) is 11. The van der Waals surface area contributed by atoms with Crippen molar-refractivity contribution in [2.24, 2.45) is 4.99 Å². The fraction of sp³-hybridized carbons (Fsp3) is 0.211. The molecule has 0 fully saturated rings. The van der Waals surface area contributed by atoms with E-state index in [1.54, 1.807) is 74.5 Å². The molecular weight excluding hydrogens is 634 g/mol. The quantitative estimate of drug-likeness (QED) is 0.0738. The highest BCUT2D eigenvalue weighted by molar-refractivity contribution is 6.51. The van der Waals surface area contributed by atoms with Crippen LogP contribution < -0.4 is 34.4 Å². The van der Waals surface area contributed by atoms with Gasteiger partial charge in [0.25, 0.3) is 0 Å². The topological polar surface area (TPSA) is 273 Å². The average molecular weight is 692 g/mol. The summed E-state index contributed by atoms with van der Waals surface area (Å²) in [6, 6.07) is 24.1. The Labute approximate surface area is 296 Å². The van der Waals surface area contributed by atoms with Gasteiger partial charge < -0.3 is 55.2 Å². The first-order chi connectivity index (χ1) is 22.3. The van der Waals surface area contributed by atoms with Crippen molar-refractivity contribution in [1.82, 2.24) is 6.15 Å². The number of phenols is 2. The van der Waals surface area contributed by atoms with Crippen molar-refractivity contribution in [3.63, 3.8) is 0 Å². The van der Waals surface area contributed by atoms with Crippen molar-refractivity contribution in [2.75, 3.05) is 28.3 Å². The Kier molecular flexibility index (Phi) is 23.4. The second-order valence-electron chi connectivity index (χ2n) is 9.73. The van der Waals surface area contributed by atoms with E-state index in [9.17, 15) is 9.90 Å².